The number of rotatable bonds is 3. The normalized spacial score (nSPS) is 9.00. The van der Waals surface area contributed by atoms with Gasteiger partial charge in [-0.05, 0) is 12.1 Å². The van der Waals surface area contributed by atoms with Crippen molar-refractivity contribution in [2.24, 2.45) is 4.99 Å². The fourth-order valence-electron chi connectivity index (χ4n) is 0.857. The largest absolute Gasteiger partial charge is 0.292 e. The number of carbonyl (C=O) groups excluding carboxylic acids is 2. The zero-order chi connectivity index (χ0) is 9.68. The van der Waals surface area contributed by atoms with Crippen molar-refractivity contribution in [2.45, 2.75) is 0 Å². The first kappa shape index (κ1) is 9.29. The zero-order valence-corrected chi connectivity index (χ0v) is 6.66. The van der Waals surface area contributed by atoms with Crippen molar-refractivity contribution in [3.8, 4) is 0 Å². The minimum Gasteiger partial charge on any atom is -0.292 e. The lowest BCUT2D eigenvalue weighted by atomic mass is 10.1. The minimum absolute atomic E-state index is 0.207. The number of ketones is 1. The molecule has 0 N–H and O–H groups in total. The maximum absolute atomic E-state index is 12.6. The van der Waals surface area contributed by atoms with Gasteiger partial charge in [0.05, 0.1) is 0 Å². The van der Waals surface area contributed by atoms with E-state index in [1.54, 1.807) is 0 Å². The Balaban J connectivity index is 2.82. The van der Waals surface area contributed by atoms with Crippen LogP contribution < -0.4 is 0 Å². The summed E-state index contributed by atoms with van der Waals surface area (Å²) in [5.41, 5.74) is 0.207. The smallest absolute Gasteiger partial charge is 0.235 e. The van der Waals surface area contributed by atoms with Crippen LogP contribution in [0.3, 0.4) is 0 Å². The maximum Gasteiger partial charge on any atom is 0.235 e. The summed E-state index contributed by atoms with van der Waals surface area (Å²) >= 11 is 0. The van der Waals surface area contributed by atoms with Crippen LogP contribution in [0.5, 0.6) is 0 Å². The summed E-state index contributed by atoms with van der Waals surface area (Å²) in [6, 6.07) is 5.22. The molecule has 0 aliphatic rings. The second-order valence-electron chi connectivity index (χ2n) is 2.34. The van der Waals surface area contributed by atoms with E-state index in [4.69, 9.17) is 0 Å². The average molecular weight is 179 g/mol. The second kappa shape index (κ2) is 4.28. The van der Waals surface area contributed by atoms with Gasteiger partial charge in [-0.2, -0.15) is 4.99 Å². The Morgan fingerprint density at radius 3 is 2.92 bits per heavy atom. The van der Waals surface area contributed by atoms with E-state index in [2.05, 4.69) is 4.99 Å². The highest BCUT2D eigenvalue weighted by atomic mass is 19.1. The molecular formula is C9H6FNO2. The molecule has 0 bridgehead atoms. The molecule has 3 nitrogen and oxygen atoms in total. The van der Waals surface area contributed by atoms with Crippen molar-refractivity contribution in [2.75, 3.05) is 6.54 Å². The topological polar surface area (TPSA) is 46.5 Å². The van der Waals surface area contributed by atoms with E-state index in [9.17, 15) is 14.0 Å². The molecule has 0 unspecified atom stereocenters. The van der Waals surface area contributed by atoms with Crippen molar-refractivity contribution in [3.63, 3.8) is 0 Å². The number of carbonyl (C=O) groups is 1. The molecule has 0 radical (unpaired) electrons. The third-order valence-electron chi connectivity index (χ3n) is 1.43. The van der Waals surface area contributed by atoms with Gasteiger partial charge >= 0.3 is 0 Å². The molecule has 0 aliphatic carbocycles. The van der Waals surface area contributed by atoms with Gasteiger partial charge in [-0.25, -0.2) is 9.18 Å². The number of hydrogen-bond acceptors (Lipinski definition) is 3. The summed E-state index contributed by atoms with van der Waals surface area (Å²) in [6.07, 6.45) is 1.24. The van der Waals surface area contributed by atoms with Crippen LogP contribution in [0.2, 0.25) is 0 Å². The summed E-state index contributed by atoms with van der Waals surface area (Å²) in [7, 11) is 0. The number of aliphatic imine (C=N–C) groups is 1. The van der Waals surface area contributed by atoms with E-state index >= 15 is 0 Å². The number of halogens is 1. The van der Waals surface area contributed by atoms with Crippen LogP contribution in [0, 0.1) is 5.82 Å². The van der Waals surface area contributed by atoms with Crippen LogP contribution in [0.1, 0.15) is 10.4 Å². The molecule has 13 heavy (non-hydrogen) atoms. The van der Waals surface area contributed by atoms with Crippen LogP contribution in [-0.4, -0.2) is 18.4 Å². The first-order valence-corrected chi connectivity index (χ1v) is 3.56. The lowest BCUT2D eigenvalue weighted by Gasteiger charge is -1.95. The molecule has 0 atom stereocenters. The molecule has 1 aromatic carbocycles. The van der Waals surface area contributed by atoms with Gasteiger partial charge in [0.25, 0.3) is 0 Å². The number of nitrogens with zero attached hydrogens (tertiary/aromatic N) is 1. The number of hydrogen-bond donors (Lipinski definition) is 0. The van der Waals surface area contributed by atoms with Gasteiger partial charge in [-0.15, -0.1) is 0 Å². The molecule has 4 heteroatoms. The number of benzene rings is 1. The zero-order valence-electron chi connectivity index (χ0n) is 6.66. The molecule has 0 saturated heterocycles. The molecule has 0 spiro atoms. The SMILES string of the molecule is O=C=NCC(=O)c1cccc(F)c1. The van der Waals surface area contributed by atoms with E-state index in [-0.39, 0.29) is 12.1 Å². The Kier molecular flexibility index (Phi) is 3.06. The number of isocyanates is 1. The molecule has 0 amide bonds. The van der Waals surface area contributed by atoms with Gasteiger partial charge in [0, 0.05) is 5.56 Å². The maximum atomic E-state index is 12.6. The van der Waals surface area contributed by atoms with Crippen molar-refractivity contribution in [3.05, 3.63) is 35.6 Å². The fraction of sp³-hybridized carbons (Fsp3) is 0.111. The van der Waals surface area contributed by atoms with Crippen LogP contribution >= 0.6 is 0 Å². The van der Waals surface area contributed by atoms with Crippen molar-refractivity contribution in [1.29, 1.82) is 0 Å². The van der Waals surface area contributed by atoms with E-state index in [1.807, 2.05) is 0 Å². The summed E-state index contributed by atoms with van der Waals surface area (Å²) in [5.74, 6) is -0.885. The summed E-state index contributed by atoms with van der Waals surface area (Å²) < 4.78 is 12.6. The van der Waals surface area contributed by atoms with E-state index in [0.717, 1.165) is 6.07 Å². The van der Waals surface area contributed by atoms with E-state index in [0.29, 0.717) is 0 Å². The summed E-state index contributed by atoms with van der Waals surface area (Å²) in [5, 5.41) is 0. The monoisotopic (exact) mass is 179 g/mol. The first-order valence-electron chi connectivity index (χ1n) is 3.56. The molecule has 0 saturated carbocycles. The molecule has 66 valence electrons. The Bertz CT molecular complexity index is 370. The van der Waals surface area contributed by atoms with Crippen LogP contribution in [-0.2, 0) is 4.79 Å². The van der Waals surface area contributed by atoms with Crippen LogP contribution in [0.15, 0.2) is 29.3 Å². The molecule has 1 rings (SSSR count). The highest BCUT2D eigenvalue weighted by Crippen LogP contribution is 2.04. The average Bonchev–Trinajstić information content (AvgIpc) is 2.14. The summed E-state index contributed by atoms with van der Waals surface area (Å²) in [4.78, 5) is 23.9. The predicted octanol–water partition coefficient (Wildman–Crippen LogP) is 1.34. The Morgan fingerprint density at radius 1 is 1.54 bits per heavy atom. The summed E-state index contributed by atoms with van der Waals surface area (Å²) in [6.45, 7) is -0.285. The molecule has 0 aromatic heterocycles. The third kappa shape index (κ3) is 2.61. The third-order valence-corrected chi connectivity index (χ3v) is 1.43. The van der Waals surface area contributed by atoms with Crippen molar-refractivity contribution in [1.82, 2.24) is 0 Å². The standard InChI is InChI=1S/C9H6FNO2/c10-8-3-1-2-7(4-8)9(13)5-11-6-12/h1-4H,5H2. The lowest BCUT2D eigenvalue weighted by Crippen LogP contribution is -2.03. The minimum atomic E-state index is -0.485. The fourth-order valence-corrected chi connectivity index (χ4v) is 0.857. The Hall–Kier alpha value is -1.80. The highest BCUT2D eigenvalue weighted by molar-refractivity contribution is 5.97. The van der Waals surface area contributed by atoms with Gasteiger partial charge in [0.15, 0.2) is 5.78 Å². The molecule has 0 heterocycles. The lowest BCUT2D eigenvalue weighted by molar-refractivity contribution is 0.100. The van der Waals surface area contributed by atoms with Gasteiger partial charge in [0.2, 0.25) is 6.08 Å². The van der Waals surface area contributed by atoms with Crippen LogP contribution in [0.4, 0.5) is 4.39 Å². The van der Waals surface area contributed by atoms with Crippen LogP contribution in [0.25, 0.3) is 0 Å². The molecular weight excluding hydrogens is 173 g/mol. The first-order chi connectivity index (χ1) is 6.24. The molecule has 0 fully saturated rings. The molecule has 1 aromatic rings. The highest BCUT2D eigenvalue weighted by Gasteiger charge is 2.04. The molecule has 0 aliphatic heterocycles. The van der Waals surface area contributed by atoms with Gasteiger partial charge in [-0.1, -0.05) is 12.1 Å². The predicted molar refractivity (Wildman–Crippen MR) is 43.7 cm³/mol. The van der Waals surface area contributed by atoms with E-state index < -0.39 is 11.6 Å². The van der Waals surface area contributed by atoms with E-state index in [1.165, 1.54) is 24.3 Å². The Morgan fingerprint density at radius 2 is 2.31 bits per heavy atom. The van der Waals surface area contributed by atoms with Crippen molar-refractivity contribution >= 4 is 11.9 Å². The van der Waals surface area contributed by atoms with Gasteiger partial charge in [0.1, 0.15) is 12.4 Å². The quantitative estimate of drug-likeness (QED) is 0.399. The van der Waals surface area contributed by atoms with Gasteiger partial charge < -0.3 is 0 Å². The Labute approximate surface area is 73.9 Å². The second-order valence-corrected chi connectivity index (χ2v) is 2.34. The number of Topliss-reactive ketones (excluding diaryl/α,β-unsaturated/α-hetero) is 1. The van der Waals surface area contributed by atoms with Gasteiger partial charge in [-0.3, -0.25) is 4.79 Å². The van der Waals surface area contributed by atoms with Crippen molar-refractivity contribution < 1.29 is 14.0 Å².